The second kappa shape index (κ2) is 7.14. The Morgan fingerprint density at radius 3 is 2.65 bits per heavy atom. The molecule has 1 aromatic carbocycles. The van der Waals surface area contributed by atoms with Gasteiger partial charge in [0.25, 0.3) is 0 Å². The van der Waals surface area contributed by atoms with Crippen LogP contribution in [0.1, 0.15) is 26.3 Å². The van der Waals surface area contributed by atoms with Crippen LogP contribution in [0.3, 0.4) is 0 Å². The normalized spacial score (nSPS) is 11.7. The zero-order chi connectivity index (χ0) is 15.3. The molecule has 3 nitrogen and oxygen atoms in total. The Balaban J connectivity index is 3.12. The van der Waals surface area contributed by atoms with E-state index in [4.69, 9.17) is 16.3 Å². The van der Waals surface area contributed by atoms with Crippen molar-refractivity contribution in [1.29, 1.82) is 0 Å². The topological polar surface area (TPSA) is 29.5 Å². The molecule has 0 fully saturated rings. The molecule has 0 aromatic heterocycles. The molecule has 0 spiro atoms. The van der Waals surface area contributed by atoms with Crippen molar-refractivity contribution in [3.63, 3.8) is 0 Å². The third kappa shape index (κ3) is 4.84. The van der Waals surface area contributed by atoms with Crippen LogP contribution in [0.4, 0.5) is 10.5 Å². The monoisotopic (exact) mass is 359 g/mol. The van der Waals surface area contributed by atoms with Crippen LogP contribution in [0.25, 0.3) is 0 Å². The summed E-state index contributed by atoms with van der Waals surface area (Å²) in [5, 5.41) is 0. The summed E-state index contributed by atoms with van der Waals surface area (Å²) < 4.78 is 6.30. The number of ether oxygens (including phenoxy) is 1. The molecule has 0 aliphatic carbocycles. The fourth-order valence-corrected chi connectivity index (χ4v) is 2.13. The second-order valence-electron chi connectivity index (χ2n) is 5.36. The van der Waals surface area contributed by atoms with E-state index in [2.05, 4.69) is 15.9 Å². The summed E-state index contributed by atoms with van der Waals surface area (Å²) in [4.78, 5) is 13.9. The van der Waals surface area contributed by atoms with Gasteiger partial charge in [0.15, 0.2) is 0 Å². The third-order valence-corrected chi connectivity index (χ3v) is 3.66. The lowest BCUT2D eigenvalue weighted by Gasteiger charge is -2.27. The van der Waals surface area contributed by atoms with Crippen LogP contribution in [0.5, 0.6) is 0 Å². The molecule has 0 radical (unpaired) electrons. The van der Waals surface area contributed by atoms with Crippen LogP contribution in [0.15, 0.2) is 34.3 Å². The van der Waals surface area contributed by atoms with E-state index in [1.807, 2.05) is 45.9 Å². The maximum absolute atomic E-state index is 12.3. The molecule has 0 heterocycles. The highest BCUT2D eigenvalue weighted by molar-refractivity contribution is 9.10. The molecule has 20 heavy (non-hydrogen) atoms. The van der Waals surface area contributed by atoms with E-state index in [1.54, 1.807) is 11.0 Å². The average Bonchev–Trinajstić information content (AvgIpc) is 2.32. The van der Waals surface area contributed by atoms with E-state index in [1.165, 1.54) is 5.54 Å². The molecule has 1 rings (SSSR count). The molecule has 0 atom stereocenters. The number of hydrogen-bond acceptors (Lipinski definition) is 2. The van der Waals surface area contributed by atoms with Gasteiger partial charge in [-0.05, 0) is 55.3 Å². The van der Waals surface area contributed by atoms with E-state index < -0.39 is 11.7 Å². The maximum atomic E-state index is 12.3. The molecule has 0 saturated carbocycles. The number of hydrogen-bond donors (Lipinski definition) is 0. The van der Waals surface area contributed by atoms with Gasteiger partial charge < -0.3 is 4.74 Å². The Morgan fingerprint density at radius 1 is 1.45 bits per heavy atom. The summed E-state index contributed by atoms with van der Waals surface area (Å²) in [6.45, 7) is 7.84. The SMILES string of the molecule is Cc1cccc(N(C/C=C/Cl)C(=O)OC(C)(C)C)c1Br. The molecular weight excluding hydrogens is 342 g/mol. The van der Waals surface area contributed by atoms with E-state index in [-0.39, 0.29) is 0 Å². The van der Waals surface area contributed by atoms with Gasteiger partial charge in [-0.15, -0.1) is 0 Å². The van der Waals surface area contributed by atoms with Gasteiger partial charge in [-0.3, -0.25) is 4.90 Å². The maximum Gasteiger partial charge on any atom is 0.415 e. The van der Waals surface area contributed by atoms with Gasteiger partial charge in [0.05, 0.1) is 5.69 Å². The summed E-state index contributed by atoms with van der Waals surface area (Å²) in [6, 6.07) is 5.73. The Bertz CT molecular complexity index is 509. The average molecular weight is 361 g/mol. The van der Waals surface area contributed by atoms with Crippen LogP contribution in [0.2, 0.25) is 0 Å². The van der Waals surface area contributed by atoms with Gasteiger partial charge >= 0.3 is 6.09 Å². The van der Waals surface area contributed by atoms with Crippen LogP contribution in [0, 0.1) is 6.92 Å². The summed E-state index contributed by atoms with van der Waals surface area (Å²) >= 11 is 9.09. The fraction of sp³-hybridized carbons (Fsp3) is 0.400. The van der Waals surface area contributed by atoms with Gasteiger partial charge in [-0.1, -0.05) is 29.8 Å². The van der Waals surface area contributed by atoms with E-state index in [0.29, 0.717) is 6.54 Å². The lowest BCUT2D eigenvalue weighted by molar-refractivity contribution is 0.0584. The molecule has 0 bridgehead atoms. The first-order valence-electron chi connectivity index (χ1n) is 6.27. The minimum atomic E-state index is -0.545. The first kappa shape index (κ1) is 17.1. The summed E-state index contributed by atoms with van der Waals surface area (Å²) in [5.74, 6) is 0. The number of aryl methyl sites for hydroxylation is 1. The van der Waals surface area contributed by atoms with Crippen molar-refractivity contribution < 1.29 is 9.53 Å². The molecule has 0 N–H and O–H groups in total. The fourth-order valence-electron chi connectivity index (χ4n) is 1.57. The number of anilines is 1. The van der Waals surface area contributed by atoms with Gasteiger partial charge in [-0.2, -0.15) is 0 Å². The molecule has 1 amide bonds. The predicted octanol–water partition coefficient (Wildman–Crippen LogP) is 5.25. The molecule has 0 aliphatic heterocycles. The lowest BCUT2D eigenvalue weighted by Crippen LogP contribution is -2.37. The van der Waals surface area contributed by atoms with Crippen molar-refractivity contribution in [2.24, 2.45) is 0 Å². The van der Waals surface area contributed by atoms with E-state index in [9.17, 15) is 4.79 Å². The number of carbonyl (C=O) groups is 1. The molecule has 1 aromatic rings. The first-order chi connectivity index (χ1) is 9.26. The number of halogens is 2. The number of benzene rings is 1. The Hall–Kier alpha value is -1.00. The molecule has 0 aliphatic rings. The van der Waals surface area contributed by atoms with Crippen molar-refractivity contribution in [3.8, 4) is 0 Å². The van der Waals surface area contributed by atoms with Crippen molar-refractivity contribution in [2.45, 2.75) is 33.3 Å². The van der Waals surface area contributed by atoms with Gasteiger partial charge in [-0.25, -0.2) is 4.79 Å². The molecule has 0 unspecified atom stereocenters. The van der Waals surface area contributed by atoms with Crippen molar-refractivity contribution in [1.82, 2.24) is 0 Å². The predicted molar refractivity (Wildman–Crippen MR) is 87.5 cm³/mol. The van der Waals surface area contributed by atoms with Crippen LogP contribution < -0.4 is 4.90 Å². The summed E-state index contributed by atoms with van der Waals surface area (Å²) in [5.41, 5.74) is 2.65. The number of rotatable bonds is 3. The Morgan fingerprint density at radius 2 is 2.10 bits per heavy atom. The zero-order valence-corrected chi connectivity index (χ0v) is 14.5. The van der Waals surface area contributed by atoms with Crippen LogP contribution in [-0.2, 0) is 4.74 Å². The van der Waals surface area contributed by atoms with Crippen molar-refractivity contribution in [3.05, 3.63) is 39.8 Å². The van der Waals surface area contributed by atoms with Crippen molar-refractivity contribution >= 4 is 39.3 Å². The molecular formula is C15H19BrClNO2. The standard InChI is InChI=1S/C15H19BrClNO2/c1-11-7-5-8-12(13(11)16)18(10-6-9-17)14(19)20-15(2,3)4/h5-9H,10H2,1-4H3/b9-6+. The number of amides is 1. The van der Waals surface area contributed by atoms with E-state index >= 15 is 0 Å². The summed E-state index contributed by atoms with van der Waals surface area (Å²) in [7, 11) is 0. The third-order valence-electron chi connectivity index (χ3n) is 2.45. The zero-order valence-electron chi connectivity index (χ0n) is 12.1. The first-order valence-corrected chi connectivity index (χ1v) is 7.50. The minimum Gasteiger partial charge on any atom is -0.443 e. The molecule has 0 saturated heterocycles. The highest BCUT2D eigenvalue weighted by atomic mass is 79.9. The Kier molecular flexibility index (Phi) is 6.08. The molecule has 110 valence electrons. The second-order valence-corrected chi connectivity index (χ2v) is 6.41. The quantitative estimate of drug-likeness (QED) is 0.736. The van der Waals surface area contributed by atoms with E-state index in [0.717, 1.165) is 15.7 Å². The Labute approximate surface area is 133 Å². The molecule has 5 heteroatoms. The van der Waals surface area contributed by atoms with Gasteiger partial charge in [0, 0.05) is 16.6 Å². The largest absolute Gasteiger partial charge is 0.443 e. The van der Waals surface area contributed by atoms with Crippen molar-refractivity contribution in [2.75, 3.05) is 11.4 Å². The lowest BCUT2D eigenvalue weighted by atomic mass is 10.2. The minimum absolute atomic E-state index is 0.348. The van der Waals surface area contributed by atoms with Crippen LogP contribution in [-0.4, -0.2) is 18.2 Å². The number of carbonyl (C=O) groups excluding carboxylic acids is 1. The highest BCUT2D eigenvalue weighted by Crippen LogP contribution is 2.30. The number of nitrogens with zero attached hydrogens (tertiary/aromatic N) is 1. The van der Waals surface area contributed by atoms with Crippen LogP contribution >= 0.6 is 27.5 Å². The van der Waals surface area contributed by atoms with Gasteiger partial charge in [0.1, 0.15) is 5.60 Å². The smallest absolute Gasteiger partial charge is 0.415 e. The highest BCUT2D eigenvalue weighted by Gasteiger charge is 2.24. The summed E-state index contributed by atoms with van der Waals surface area (Å²) in [6.07, 6.45) is 1.29. The van der Waals surface area contributed by atoms with Gasteiger partial charge in [0.2, 0.25) is 0 Å².